The third-order valence-electron chi connectivity index (χ3n) is 3.81. The highest BCUT2D eigenvalue weighted by molar-refractivity contribution is 6.32. The molecule has 16 heavy (non-hydrogen) atoms. The zero-order valence-electron chi connectivity index (χ0n) is 9.54. The van der Waals surface area contributed by atoms with E-state index < -0.39 is 0 Å². The van der Waals surface area contributed by atoms with E-state index in [1.54, 1.807) is 0 Å². The Balaban J connectivity index is 1.66. The molecule has 1 aliphatic heterocycles. The zero-order valence-corrected chi connectivity index (χ0v) is 10.3. The molecule has 3 rings (SSSR count). The molecule has 0 radical (unpaired) electrons. The van der Waals surface area contributed by atoms with E-state index >= 15 is 0 Å². The number of hydroxylamine groups is 2. The molecule has 0 atom stereocenters. The standard InChI is InChI=1S/C13H18ClNO/c14-13-9-15(16-11-5-1-2-6-11)8-10-4-3-7-12(10)13/h9,11H,1-8H2. The first-order valence-corrected chi connectivity index (χ1v) is 6.73. The summed E-state index contributed by atoms with van der Waals surface area (Å²) in [6.07, 6.45) is 11.0. The van der Waals surface area contributed by atoms with Gasteiger partial charge in [-0.3, -0.25) is 9.90 Å². The summed E-state index contributed by atoms with van der Waals surface area (Å²) in [4.78, 5) is 5.97. The van der Waals surface area contributed by atoms with Crippen LogP contribution in [0.2, 0.25) is 0 Å². The summed E-state index contributed by atoms with van der Waals surface area (Å²) in [5.41, 5.74) is 2.87. The van der Waals surface area contributed by atoms with Crippen LogP contribution in [-0.2, 0) is 4.84 Å². The van der Waals surface area contributed by atoms with Crippen LogP contribution in [-0.4, -0.2) is 17.7 Å². The van der Waals surface area contributed by atoms with Gasteiger partial charge < -0.3 is 0 Å². The minimum absolute atomic E-state index is 0.421. The summed E-state index contributed by atoms with van der Waals surface area (Å²) in [6, 6.07) is 0. The third kappa shape index (κ3) is 2.01. The molecule has 1 fully saturated rings. The van der Waals surface area contributed by atoms with Gasteiger partial charge in [-0.15, -0.1) is 0 Å². The Morgan fingerprint density at radius 3 is 2.81 bits per heavy atom. The second-order valence-electron chi connectivity index (χ2n) is 5.00. The predicted molar refractivity (Wildman–Crippen MR) is 64.9 cm³/mol. The molecule has 2 nitrogen and oxygen atoms in total. The van der Waals surface area contributed by atoms with E-state index in [0.29, 0.717) is 6.10 Å². The first kappa shape index (κ1) is 10.7. The van der Waals surface area contributed by atoms with Crippen LogP contribution in [0.25, 0.3) is 0 Å². The van der Waals surface area contributed by atoms with Gasteiger partial charge in [0.25, 0.3) is 0 Å². The molecule has 1 heterocycles. The van der Waals surface area contributed by atoms with Crippen molar-refractivity contribution < 1.29 is 4.84 Å². The summed E-state index contributed by atoms with van der Waals surface area (Å²) < 4.78 is 0. The maximum Gasteiger partial charge on any atom is 0.0856 e. The Bertz CT molecular complexity index is 342. The lowest BCUT2D eigenvalue weighted by Crippen LogP contribution is -2.28. The van der Waals surface area contributed by atoms with Gasteiger partial charge in [0.05, 0.1) is 17.7 Å². The molecule has 0 N–H and O–H groups in total. The monoisotopic (exact) mass is 239 g/mol. The molecule has 0 unspecified atom stereocenters. The minimum atomic E-state index is 0.421. The van der Waals surface area contributed by atoms with Crippen molar-refractivity contribution in [1.29, 1.82) is 0 Å². The third-order valence-corrected chi connectivity index (χ3v) is 4.14. The fraction of sp³-hybridized carbons (Fsp3) is 0.692. The van der Waals surface area contributed by atoms with E-state index in [4.69, 9.17) is 16.4 Å². The first-order chi connectivity index (χ1) is 7.83. The van der Waals surface area contributed by atoms with E-state index in [1.165, 1.54) is 49.7 Å². The fourth-order valence-corrected chi connectivity index (χ4v) is 3.30. The van der Waals surface area contributed by atoms with E-state index in [-0.39, 0.29) is 0 Å². The quantitative estimate of drug-likeness (QED) is 0.728. The van der Waals surface area contributed by atoms with E-state index in [2.05, 4.69) is 0 Å². The summed E-state index contributed by atoms with van der Waals surface area (Å²) in [6.45, 7) is 0.933. The fourth-order valence-electron chi connectivity index (χ4n) is 2.96. The van der Waals surface area contributed by atoms with Crippen molar-refractivity contribution >= 4 is 11.6 Å². The van der Waals surface area contributed by atoms with Crippen molar-refractivity contribution in [2.75, 3.05) is 6.54 Å². The predicted octanol–water partition coefficient (Wildman–Crippen LogP) is 3.74. The molecule has 0 aromatic carbocycles. The smallest absolute Gasteiger partial charge is 0.0856 e. The van der Waals surface area contributed by atoms with Crippen molar-refractivity contribution in [3.63, 3.8) is 0 Å². The van der Waals surface area contributed by atoms with Crippen LogP contribution >= 0.6 is 11.6 Å². The number of nitrogens with zero attached hydrogens (tertiary/aromatic N) is 1. The van der Waals surface area contributed by atoms with Gasteiger partial charge in [0.1, 0.15) is 0 Å². The van der Waals surface area contributed by atoms with Crippen molar-refractivity contribution in [1.82, 2.24) is 5.06 Å². The SMILES string of the molecule is ClC1=CN(OC2CCCC2)CC2=C1CCC2. The van der Waals surface area contributed by atoms with Crippen LogP contribution in [0.4, 0.5) is 0 Å². The van der Waals surface area contributed by atoms with Crippen LogP contribution in [0.1, 0.15) is 44.9 Å². The minimum Gasteiger partial charge on any atom is -0.270 e. The van der Waals surface area contributed by atoms with Gasteiger partial charge in [-0.2, -0.15) is 0 Å². The Labute approximate surface area is 102 Å². The molecule has 0 spiro atoms. The highest BCUT2D eigenvalue weighted by atomic mass is 35.5. The molecule has 2 aliphatic carbocycles. The van der Waals surface area contributed by atoms with Crippen LogP contribution in [0.5, 0.6) is 0 Å². The van der Waals surface area contributed by atoms with Gasteiger partial charge in [-0.25, -0.2) is 0 Å². The van der Waals surface area contributed by atoms with Crippen LogP contribution in [0, 0.1) is 0 Å². The Hall–Kier alpha value is -0.470. The molecule has 0 aromatic rings. The molecular weight excluding hydrogens is 222 g/mol. The summed E-state index contributed by atoms with van der Waals surface area (Å²) in [5.74, 6) is 0. The Kier molecular flexibility index (Phi) is 2.95. The molecule has 1 saturated carbocycles. The van der Waals surface area contributed by atoms with Gasteiger partial charge in [-0.1, -0.05) is 24.4 Å². The summed E-state index contributed by atoms with van der Waals surface area (Å²) in [5, 5.41) is 2.86. The van der Waals surface area contributed by atoms with Gasteiger partial charge in [0.15, 0.2) is 0 Å². The molecule has 88 valence electrons. The first-order valence-electron chi connectivity index (χ1n) is 6.35. The number of hydrogen-bond acceptors (Lipinski definition) is 2. The Morgan fingerprint density at radius 1 is 1.19 bits per heavy atom. The molecule has 3 heteroatoms. The number of hydrogen-bond donors (Lipinski definition) is 0. The molecule has 0 saturated heterocycles. The second kappa shape index (κ2) is 4.42. The van der Waals surface area contributed by atoms with Crippen LogP contribution in [0.15, 0.2) is 22.4 Å². The summed E-state index contributed by atoms with van der Waals surface area (Å²) >= 11 is 6.28. The molecule has 0 amide bonds. The zero-order chi connectivity index (χ0) is 11.0. The largest absolute Gasteiger partial charge is 0.270 e. The topological polar surface area (TPSA) is 12.5 Å². The number of halogens is 1. The maximum absolute atomic E-state index is 6.28. The molecule has 0 aromatic heterocycles. The lowest BCUT2D eigenvalue weighted by Gasteiger charge is -2.28. The van der Waals surface area contributed by atoms with Crippen molar-refractivity contribution in [2.24, 2.45) is 0 Å². The van der Waals surface area contributed by atoms with Crippen molar-refractivity contribution in [2.45, 2.75) is 51.0 Å². The van der Waals surface area contributed by atoms with Gasteiger partial charge in [0, 0.05) is 6.20 Å². The lowest BCUT2D eigenvalue weighted by molar-refractivity contribution is -0.157. The normalized spacial score (nSPS) is 26.3. The summed E-state index contributed by atoms with van der Waals surface area (Å²) in [7, 11) is 0. The number of rotatable bonds is 2. The highest BCUT2D eigenvalue weighted by Gasteiger charge is 2.26. The second-order valence-corrected chi connectivity index (χ2v) is 5.41. The van der Waals surface area contributed by atoms with Gasteiger partial charge in [0.2, 0.25) is 0 Å². The molecular formula is C13H18ClNO. The highest BCUT2D eigenvalue weighted by Crippen LogP contribution is 2.37. The van der Waals surface area contributed by atoms with Gasteiger partial charge in [-0.05, 0) is 43.3 Å². The number of allylic oxidation sites excluding steroid dienone is 2. The Morgan fingerprint density at radius 2 is 2.00 bits per heavy atom. The van der Waals surface area contributed by atoms with E-state index in [9.17, 15) is 0 Å². The van der Waals surface area contributed by atoms with Crippen LogP contribution in [0.3, 0.4) is 0 Å². The average molecular weight is 240 g/mol. The molecule has 3 aliphatic rings. The van der Waals surface area contributed by atoms with E-state index in [1.807, 2.05) is 11.3 Å². The lowest BCUT2D eigenvalue weighted by atomic mass is 10.1. The van der Waals surface area contributed by atoms with E-state index in [0.717, 1.165) is 18.0 Å². The molecule has 0 bridgehead atoms. The average Bonchev–Trinajstić information content (AvgIpc) is 2.87. The van der Waals surface area contributed by atoms with Crippen LogP contribution < -0.4 is 0 Å². The maximum atomic E-state index is 6.28. The van der Waals surface area contributed by atoms with Gasteiger partial charge >= 0.3 is 0 Å². The van der Waals surface area contributed by atoms with Crippen molar-refractivity contribution in [3.8, 4) is 0 Å². The van der Waals surface area contributed by atoms with Crippen molar-refractivity contribution in [3.05, 3.63) is 22.4 Å².